The molecule has 0 bridgehead atoms. The lowest BCUT2D eigenvalue weighted by Crippen LogP contribution is -2.38. The summed E-state index contributed by atoms with van der Waals surface area (Å²) in [5, 5.41) is 2.89. The lowest BCUT2D eigenvalue weighted by atomic mass is 10.2. The maximum atomic E-state index is 11.9. The maximum Gasteiger partial charge on any atom is 0.251 e. The number of carbonyl (C=O) groups is 1. The highest BCUT2D eigenvalue weighted by atomic mass is 16.5. The fourth-order valence-corrected chi connectivity index (χ4v) is 2.13. The number of amides is 1. The SMILES string of the molecule is O=C(NC[C@H]1Cn2ccnc2CO1)c1ccccc1. The molecule has 1 aliphatic heterocycles. The Labute approximate surface area is 111 Å². The second kappa shape index (κ2) is 5.24. The van der Waals surface area contributed by atoms with E-state index in [0.29, 0.717) is 18.7 Å². The van der Waals surface area contributed by atoms with Crippen molar-refractivity contribution in [2.24, 2.45) is 0 Å². The molecule has 5 heteroatoms. The van der Waals surface area contributed by atoms with Crippen LogP contribution in [0.2, 0.25) is 0 Å². The zero-order valence-electron chi connectivity index (χ0n) is 10.5. The summed E-state index contributed by atoms with van der Waals surface area (Å²) in [6, 6.07) is 9.19. The molecule has 0 spiro atoms. The molecule has 0 saturated heterocycles. The quantitative estimate of drug-likeness (QED) is 0.899. The topological polar surface area (TPSA) is 56.2 Å². The maximum absolute atomic E-state index is 11.9. The Morgan fingerprint density at radius 3 is 3.11 bits per heavy atom. The minimum atomic E-state index is -0.0689. The highest BCUT2D eigenvalue weighted by Gasteiger charge is 2.19. The van der Waals surface area contributed by atoms with E-state index in [9.17, 15) is 4.79 Å². The Morgan fingerprint density at radius 1 is 1.42 bits per heavy atom. The lowest BCUT2D eigenvalue weighted by molar-refractivity contribution is 0.00327. The third-order valence-corrected chi connectivity index (χ3v) is 3.18. The van der Waals surface area contributed by atoms with Gasteiger partial charge in [-0.15, -0.1) is 0 Å². The molecule has 1 N–H and O–H groups in total. The molecule has 1 atom stereocenters. The van der Waals surface area contributed by atoms with Gasteiger partial charge in [0.05, 0.1) is 12.6 Å². The van der Waals surface area contributed by atoms with Gasteiger partial charge >= 0.3 is 0 Å². The second-order valence-electron chi connectivity index (χ2n) is 4.50. The molecule has 0 radical (unpaired) electrons. The van der Waals surface area contributed by atoms with Gasteiger partial charge in [0.15, 0.2) is 0 Å². The summed E-state index contributed by atoms with van der Waals surface area (Å²) in [5.41, 5.74) is 0.668. The molecule has 1 aromatic heterocycles. The van der Waals surface area contributed by atoms with Crippen molar-refractivity contribution in [1.82, 2.24) is 14.9 Å². The van der Waals surface area contributed by atoms with Gasteiger partial charge in [0, 0.05) is 24.5 Å². The van der Waals surface area contributed by atoms with E-state index in [4.69, 9.17) is 4.74 Å². The number of carbonyl (C=O) groups excluding carboxylic acids is 1. The zero-order chi connectivity index (χ0) is 13.1. The van der Waals surface area contributed by atoms with Crippen LogP contribution in [0.15, 0.2) is 42.7 Å². The average molecular weight is 257 g/mol. The van der Waals surface area contributed by atoms with Gasteiger partial charge in [-0.05, 0) is 12.1 Å². The Morgan fingerprint density at radius 2 is 2.26 bits per heavy atom. The molecular weight excluding hydrogens is 242 g/mol. The summed E-state index contributed by atoms with van der Waals surface area (Å²) in [7, 11) is 0. The fourth-order valence-electron chi connectivity index (χ4n) is 2.13. The van der Waals surface area contributed by atoms with Gasteiger partial charge in [-0.2, -0.15) is 0 Å². The van der Waals surface area contributed by atoms with Crippen molar-refractivity contribution < 1.29 is 9.53 Å². The smallest absolute Gasteiger partial charge is 0.251 e. The third kappa shape index (κ3) is 2.66. The Bertz CT molecular complexity index is 565. The number of fused-ring (bicyclic) bond motifs is 1. The summed E-state index contributed by atoms with van der Waals surface area (Å²) >= 11 is 0. The molecule has 5 nitrogen and oxygen atoms in total. The Hall–Kier alpha value is -2.14. The monoisotopic (exact) mass is 257 g/mol. The molecule has 98 valence electrons. The molecule has 2 heterocycles. The standard InChI is InChI=1S/C14H15N3O2/c18-14(11-4-2-1-3-5-11)16-8-12-9-17-7-6-15-13(17)10-19-12/h1-7,12H,8-10H2,(H,16,18)/t12-/m0/s1. The van der Waals surface area contributed by atoms with Crippen LogP contribution in [0.1, 0.15) is 16.2 Å². The van der Waals surface area contributed by atoms with Gasteiger partial charge in [-0.25, -0.2) is 4.98 Å². The van der Waals surface area contributed by atoms with Crippen LogP contribution < -0.4 is 5.32 Å². The number of aromatic nitrogens is 2. The van der Waals surface area contributed by atoms with Crippen LogP contribution in [0.3, 0.4) is 0 Å². The molecule has 0 saturated carbocycles. The number of ether oxygens (including phenoxy) is 1. The fraction of sp³-hybridized carbons (Fsp3) is 0.286. The van der Waals surface area contributed by atoms with Crippen molar-refractivity contribution in [3.05, 3.63) is 54.1 Å². The van der Waals surface area contributed by atoms with Crippen LogP contribution in [-0.2, 0) is 17.9 Å². The minimum Gasteiger partial charge on any atom is -0.367 e. The van der Waals surface area contributed by atoms with Gasteiger partial charge in [0.1, 0.15) is 12.4 Å². The van der Waals surface area contributed by atoms with Crippen LogP contribution in [0, 0.1) is 0 Å². The van der Waals surface area contributed by atoms with E-state index in [1.165, 1.54) is 0 Å². The first-order valence-corrected chi connectivity index (χ1v) is 6.28. The predicted molar refractivity (Wildman–Crippen MR) is 69.6 cm³/mol. The molecular formula is C14H15N3O2. The average Bonchev–Trinajstić information content (AvgIpc) is 2.93. The molecule has 1 aromatic carbocycles. The first-order valence-electron chi connectivity index (χ1n) is 6.28. The summed E-state index contributed by atoms with van der Waals surface area (Å²) in [6.45, 7) is 1.73. The number of rotatable bonds is 3. The molecule has 19 heavy (non-hydrogen) atoms. The summed E-state index contributed by atoms with van der Waals surface area (Å²) in [6.07, 6.45) is 3.70. The number of nitrogens with one attached hydrogen (secondary N) is 1. The predicted octanol–water partition coefficient (Wildman–Crippen LogP) is 1.21. The number of hydrogen-bond acceptors (Lipinski definition) is 3. The van der Waals surface area contributed by atoms with Gasteiger partial charge in [0.25, 0.3) is 5.91 Å². The molecule has 0 fully saturated rings. The van der Waals surface area contributed by atoms with Crippen LogP contribution in [-0.4, -0.2) is 28.1 Å². The summed E-state index contributed by atoms with van der Waals surface area (Å²) < 4.78 is 7.71. The van der Waals surface area contributed by atoms with Crippen molar-refractivity contribution in [1.29, 1.82) is 0 Å². The Balaban J connectivity index is 1.55. The molecule has 2 aromatic rings. The summed E-state index contributed by atoms with van der Waals surface area (Å²) in [4.78, 5) is 16.1. The third-order valence-electron chi connectivity index (χ3n) is 3.18. The van der Waals surface area contributed by atoms with Crippen LogP contribution in [0.4, 0.5) is 0 Å². The highest BCUT2D eigenvalue weighted by Crippen LogP contribution is 2.11. The van der Waals surface area contributed by atoms with E-state index in [1.54, 1.807) is 18.3 Å². The Kier molecular flexibility index (Phi) is 3.29. The van der Waals surface area contributed by atoms with Gasteiger partial charge in [0.2, 0.25) is 0 Å². The first-order chi connectivity index (χ1) is 9.33. The van der Waals surface area contributed by atoms with Crippen LogP contribution in [0.5, 0.6) is 0 Å². The van der Waals surface area contributed by atoms with Crippen molar-refractivity contribution in [3.63, 3.8) is 0 Å². The second-order valence-corrected chi connectivity index (χ2v) is 4.50. The van der Waals surface area contributed by atoms with Crippen LogP contribution in [0.25, 0.3) is 0 Å². The lowest BCUT2D eigenvalue weighted by Gasteiger charge is -2.24. The number of imidazole rings is 1. The number of hydrogen-bond donors (Lipinski definition) is 1. The normalized spacial score (nSPS) is 17.8. The van der Waals surface area contributed by atoms with Crippen LogP contribution >= 0.6 is 0 Å². The van der Waals surface area contributed by atoms with Crippen molar-refractivity contribution in [3.8, 4) is 0 Å². The van der Waals surface area contributed by atoms with E-state index in [1.807, 2.05) is 24.4 Å². The van der Waals surface area contributed by atoms with E-state index in [0.717, 1.165) is 12.4 Å². The molecule has 0 unspecified atom stereocenters. The molecule has 3 rings (SSSR count). The number of nitrogens with zero attached hydrogens (tertiary/aromatic N) is 2. The van der Waals surface area contributed by atoms with Crippen molar-refractivity contribution in [2.45, 2.75) is 19.3 Å². The number of benzene rings is 1. The van der Waals surface area contributed by atoms with E-state index < -0.39 is 0 Å². The van der Waals surface area contributed by atoms with E-state index in [-0.39, 0.29) is 12.0 Å². The van der Waals surface area contributed by atoms with E-state index in [2.05, 4.69) is 14.9 Å². The highest BCUT2D eigenvalue weighted by molar-refractivity contribution is 5.94. The van der Waals surface area contributed by atoms with Gasteiger partial charge < -0.3 is 14.6 Å². The van der Waals surface area contributed by atoms with Crippen molar-refractivity contribution in [2.75, 3.05) is 6.54 Å². The van der Waals surface area contributed by atoms with Gasteiger partial charge in [-0.1, -0.05) is 18.2 Å². The summed E-state index contributed by atoms with van der Waals surface area (Å²) in [5.74, 6) is 0.867. The molecule has 1 aliphatic rings. The molecule has 0 aliphatic carbocycles. The minimum absolute atomic E-state index is 0.00522. The zero-order valence-corrected chi connectivity index (χ0v) is 10.5. The van der Waals surface area contributed by atoms with E-state index >= 15 is 0 Å². The van der Waals surface area contributed by atoms with Gasteiger partial charge in [-0.3, -0.25) is 4.79 Å². The largest absolute Gasteiger partial charge is 0.367 e. The molecule has 1 amide bonds. The van der Waals surface area contributed by atoms with Crippen molar-refractivity contribution >= 4 is 5.91 Å². The first kappa shape index (κ1) is 11.9.